The van der Waals surface area contributed by atoms with Gasteiger partial charge in [0.25, 0.3) is 0 Å². The van der Waals surface area contributed by atoms with Gasteiger partial charge in [-0.1, -0.05) is 32.3 Å². The molecule has 2 aliphatic heterocycles. The van der Waals surface area contributed by atoms with E-state index in [1.807, 2.05) is 32.8 Å². The van der Waals surface area contributed by atoms with E-state index in [-0.39, 0.29) is 22.2 Å². The zero-order chi connectivity index (χ0) is 29.0. The molecule has 2 rings (SSSR count). The fraction of sp³-hybridized carbons (Fsp3) is 0.903. The van der Waals surface area contributed by atoms with E-state index in [0.29, 0.717) is 31.3 Å². The van der Waals surface area contributed by atoms with Gasteiger partial charge in [0, 0.05) is 41.0 Å². The van der Waals surface area contributed by atoms with Gasteiger partial charge >= 0.3 is 0 Å². The normalized spacial score (nSPS) is 23.1. The van der Waals surface area contributed by atoms with Gasteiger partial charge in [-0.05, 0) is 101 Å². The molecule has 0 aromatic carbocycles. The Labute approximate surface area is 235 Å². The fourth-order valence-electron chi connectivity index (χ4n) is 6.51. The van der Waals surface area contributed by atoms with Crippen LogP contribution in [0.3, 0.4) is 0 Å². The zero-order valence-electron chi connectivity index (χ0n) is 26.5. The number of rotatable bonds is 14. The Hall–Kier alpha value is -0.830. The summed E-state index contributed by atoms with van der Waals surface area (Å²) in [6, 6.07) is 0.588. The van der Waals surface area contributed by atoms with Crippen LogP contribution in [0.25, 0.3) is 0 Å². The molecule has 0 unspecified atom stereocenters. The Kier molecular flexibility index (Phi) is 14.7. The van der Waals surface area contributed by atoms with Crippen molar-refractivity contribution in [1.82, 2.24) is 15.4 Å². The second-order valence-electron chi connectivity index (χ2n) is 13.8. The standard InChI is InChI=1S/C19H41N3O.C12H21NO2/c1-6-14-23-22-18(2,3)15-17(16-19(22,4)5)21-13-11-9-7-8-10-12-20;1-6-7-15-13-11(2,3)8-10(14)9-12(13,4)5/h17,21H,6-16,20H2,1-5H3;6H,1,7-9H2,2-5H3. The van der Waals surface area contributed by atoms with Crippen LogP contribution in [0, 0.1) is 0 Å². The summed E-state index contributed by atoms with van der Waals surface area (Å²) in [5.74, 6) is 0.309. The average Bonchev–Trinajstić information content (AvgIpc) is 2.76. The van der Waals surface area contributed by atoms with Crippen molar-refractivity contribution in [3.8, 4) is 0 Å². The van der Waals surface area contributed by atoms with Crippen LogP contribution < -0.4 is 11.1 Å². The minimum Gasteiger partial charge on any atom is -0.330 e. The lowest BCUT2D eigenvalue weighted by atomic mass is 9.79. The largest absolute Gasteiger partial charge is 0.330 e. The fourth-order valence-corrected chi connectivity index (χ4v) is 6.51. The average molecular weight is 539 g/mol. The second-order valence-corrected chi connectivity index (χ2v) is 13.8. The highest BCUT2D eigenvalue weighted by atomic mass is 16.7. The van der Waals surface area contributed by atoms with Gasteiger partial charge in [0.2, 0.25) is 0 Å². The third-order valence-electron chi connectivity index (χ3n) is 7.51. The van der Waals surface area contributed by atoms with Crippen LogP contribution >= 0.6 is 0 Å². The van der Waals surface area contributed by atoms with Crippen LogP contribution in [0.4, 0.5) is 0 Å². The van der Waals surface area contributed by atoms with Gasteiger partial charge in [-0.2, -0.15) is 10.1 Å². The van der Waals surface area contributed by atoms with Crippen molar-refractivity contribution in [1.29, 1.82) is 0 Å². The Morgan fingerprint density at radius 1 is 0.868 bits per heavy atom. The molecule has 0 aromatic heterocycles. The van der Waals surface area contributed by atoms with E-state index in [1.165, 1.54) is 32.1 Å². The number of nitrogens with one attached hydrogen (secondary N) is 1. The van der Waals surface area contributed by atoms with E-state index in [2.05, 4.69) is 51.6 Å². The third-order valence-corrected chi connectivity index (χ3v) is 7.51. The summed E-state index contributed by atoms with van der Waals surface area (Å²) < 4.78 is 0. The summed E-state index contributed by atoms with van der Waals surface area (Å²) in [7, 11) is 0. The molecule has 0 bridgehead atoms. The van der Waals surface area contributed by atoms with Gasteiger partial charge < -0.3 is 11.1 Å². The van der Waals surface area contributed by atoms with E-state index >= 15 is 0 Å². The molecule has 2 fully saturated rings. The smallest absolute Gasteiger partial charge is 0.136 e. The number of ketones is 1. The lowest BCUT2D eigenvalue weighted by Gasteiger charge is -2.54. The highest BCUT2D eigenvalue weighted by Gasteiger charge is 2.47. The molecule has 0 atom stereocenters. The molecule has 2 saturated heterocycles. The van der Waals surface area contributed by atoms with Gasteiger partial charge in [0.15, 0.2) is 0 Å². The first-order chi connectivity index (χ1) is 17.6. The second kappa shape index (κ2) is 15.8. The van der Waals surface area contributed by atoms with E-state index in [4.69, 9.17) is 15.4 Å². The molecular formula is C31H62N4O3. The van der Waals surface area contributed by atoms with Gasteiger partial charge in [-0.3, -0.25) is 14.5 Å². The summed E-state index contributed by atoms with van der Waals surface area (Å²) in [4.78, 5) is 23.4. The van der Waals surface area contributed by atoms with Crippen molar-refractivity contribution in [2.75, 3.05) is 26.3 Å². The maximum atomic E-state index is 11.6. The molecule has 2 aliphatic rings. The maximum Gasteiger partial charge on any atom is 0.136 e. The third kappa shape index (κ3) is 11.3. The number of hydrogen-bond acceptors (Lipinski definition) is 7. The van der Waals surface area contributed by atoms with Gasteiger partial charge in [-0.15, -0.1) is 6.58 Å². The van der Waals surface area contributed by atoms with E-state index in [1.54, 1.807) is 6.08 Å². The molecule has 224 valence electrons. The number of unbranched alkanes of at least 4 members (excludes halogenated alkanes) is 4. The van der Waals surface area contributed by atoms with Crippen LogP contribution in [0.1, 0.15) is 127 Å². The molecule has 0 aliphatic carbocycles. The lowest BCUT2D eigenvalue weighted by Crippen LogP contribution is -2.63. The number of nitrogens with two attached hydrogens (primary N) is 1. The molecule has 7 heteroatoms. The van der Waals surface area contributed by atoms with Crippen LogP contribution in [0.2, 0.25) is 0 Å². The van der Waals surface area contributed by atoms with Crippen molar-refractivity contribution >= 4 is 5.78 Å². The Bertz CT molecular complexity index is 667. The Morgan fingerprint density at radius 3 is 1.87 bits per heavy atom. The summed E-state index contributed by atoms with van der Waals surface area (Å²) >= 11 is 0. The topological polar surface area (TPSA) is 80.1 Å². The molecule has 38 heavy (non-hydrogen) atoms. The van der Waals surface area contributed by atoms with Crippen molar-refractivity contribution < 1.29 is 14.5 Å². The SMILES string of the molecule is C=CCON1C(C)(C)CC(=O)CC1(C)C.CCCON1C(C)(C)CC(NCCCCCCCN)CC1(C)C. The van der Waals surface area contributed by atoms with Crippen LogP contribution in [-0.2, 0) is 14.5 Å². The molecule has 3 N–H and O–H groups in total. The van der Waals surface area contributed by atoms with Gasteiger partial charge in [0.1, 0.15) is 5.78 Å². The minimum absolute atomic E-state index is 0.0791. The molecule has 2 heterocycles. The van der Waals surface area contributed by atoms with Crippen molar-refractivity contribution in [3.63, 3.8) is 0 Å². The quantitative estimate of drug-likeness (QED) is 0.202. The summed E-state index contributed by atoms with van der Waals surface area (Å²) in [6.45, 7) is 26.5. The van der Waals surface area contributed by atoms with E-state index < -0.39 is 0 Å². The Morgan fingerprint density at radius 2 is 1.37 bits per heavy atom. The molecule has 0 aromatic rings. The first-order valence-corrected chi connectivity index (χ1v) is 15.1. The molecule has 0 amide bonds. The number of piperidine rings is 2. The van der Waals surface area contributed by atoms with Gasteiger partial charge in [-0.25, -0.2) is 0 Å². The molecule has 0 spiro atoms. The number of Topliss-reactive ketones (excluding diaryl/α,β-unsaturated/α-hetero) is 1. The molecule has 0 saturated carbocycles. The summed E-state index contributed by atoms with van der Waals surface area (Å²) in [5.41, 5.74) is 5.22. The first kappa shape index (κ1) is 35.2. The maximum absolute atomic E-state index is 11.6. The van der Waals surface area contributed by atoms with E-state index in [0.717, 1.165) is 39.0 Å². The number of carbonyl (C=O) groups excluding carboxylic acids is 1. The van der Waals surface area contributed by atoms with Gasteiger partial charge in [0.05, 0.1) is 13.2 Å². The van der Waals surface area contributed by atoms with Crippen LogP contribution in [0.15, 0.2) is 12.7 Å². The number of hydrogen-bond donors (Lipinski definition) is 2. The predicted molar refractivity (Wildman–Crippen MR) is 160 cm³/mol. The highest BCUT2D eigenvalue weighted by molar-refractivity contribution is 5.81. The summed E-state index contributed by atoms with van der Waals surface area (Å²) in [5, 5.41) is 8.00. The number of hydroxylamine groups is 4. The predicted octanol–water partition coefficient (Wildman–Crippen LogP) is 6.17. The van der Waals surface area contributed by atoms with Crippen molar-refractivity contribution in [2.45, 2.75) is 155 Å². The molecule has 7 nitrogen and oxygen atoms in total. The highest BCUT2D eigenvalue weighted by Crippen LogP contribution is 2.39. The number of carbonyl (C=O) groups is 1. The minimum atomic E-state index is -0.234. The number of nitrogens with zero attached hydrogens (tertiary/aromatic N) is 2. The zero-order valence-corrected chi connectivity index (χ0v) is 26.5. The van der Waals surface area contributed by atoms with Crippen molar-refractivity contribution in [2.24, 2.45) is 5.73 Å². The van der Waals surface area contributed by atoms with Crippen LogP contribution in [-0.4, -0.2) is 70.4 Å². The molecular weight excluding hydrogens is 476 g/mol. The van der Waals surface area contributed by atoms with Crippen LogP contribution in [0.5, 0.6) is 0 Å². The van der Waals surface area contributed by atoms with Crippen molar-refractivity contribution in [3.05, 3.63) is 12.7 Å². The lowest BCUT2D eigenvalue weighted by molar-refractivity contribution is -0.283. The monoisotopic (exact) mass is 538 g/mol. The Balaban J connectivity index is 0.000000415. The van der Waals surface area contributed by atoms with E-state index in [9.17, 15) is 4.79 Å². The summed E-state index contributed by atoms with van der Waals surface area (Å²) in [6.07, 6.45) is 12.5. The first-order valence-electron chi connectivity index (χ1n) is 15.1. The molecule has 0 radical (unpaired) electrons.